The molecule has 0 fully saturated rings. The Hall–Kier alpha value is -3.39. The number of hydrogen-bond acceptors (Lipinski definition) is 6. The molecule has 1 aliphatic heterocycles. The van der Waals surface area contributed by atoms with Crippen LogP contribution >= 0.6 is 0 Å². The molecule has 4 aromatic rings. The molecule has 2 N–H and O–H groups in total. The summed E-state index contributed by atoms with van der Waals surface area (Å²) < 4.78 is 10.9. The fourth-order valence-electron chi connectivity index (χ4n) is 3.21. The van der Waals surface area contributed by atoms with Crippen molar-refractivity contribution < 1.29 is 9.47 Å². The van der Waals surface area contributed by atoms with Crippen LogP contribution in [0.4, 0.5) is 0 Å². The van der Waals surface area contributed by atoms with Crippen molar-refractivity contribution in [3.8, 4) is 34.1 Å². The van der Waals surface area contributed by atoms with E-state index in [0.717, 1.165) is 45.0 Å². The summed E-state index contributed by atoms with van der Waals surface area (Å²) in [5.74, 6) is 3.00. The van der Waals surface area contributed by atoms with Crippen molar-refractivity contribution in [1.29, 1.82) is 0 Å². The van der Waals surface area contributed by atoms with Gasteiger partial charge in [0.1, 0.15) is 11.5 Å². The second-order valence-electron chi connectivity index (χ2n) is 6.74. The second kappa shape index (κ2) is 6.10. The number of aromatic amines is 2. The molecule has 0 unspecified atom stereocenters. The molecule has 136 valence electrons. The first-order chi connectivity index (χ1) is 13.2. The van der Waals surface area contributed by atoms with Crippen LogP contribution in [0.2, 0.25) is 0 Å². The fourth-order valence-corrected chi connectivity index (χ4v) is 3.21. The van der Waals surface area contributed by atoms with Gasteiger partial charge in [-0.1, -0.05) is 0 Å². The average molecular weight is 362 g/mol. The zero-order valence-electron chi connectivity index (χ0n) is 15.0. The fraction of sp³-hybridized carbons (Fsp3) is 0.211. The zero-order chi connectivity index (χ0) is 18.4. The zero-order valence-corrected chi connectivity index (χ0v) is 15.0. The van der Waals surface area contributed by atoms with Gasteiger partial charge in [-0.3, -0.25) is 10.2 Å². The molecule has 0 bridgehead atoms. The molecule has 2 aromatic carbocycles. The number of hydrogen-bond donors (Lipinski definition) is 2. The van der Waals surface area contributed by atoms with Crippen molar-refractivity contribution in [3.05, 3.63) is 42.2 Å². The molecule has 5 rings (SSSR count). The van der Waals surface area contributed by atoms with Crippen molar-refractivity contribution in [3.63, 3.8) is 0 Å². The van der Waals surface area contributed by atoms with Crippen LogP contribution in [0.15, 0.2) is 36.4 Å². The number of rotatable bonds is 4. The molecule has 2 aromatic heterocycles. The van der Waals surface area contributed by atoms with E-state index in [4.69, 9.17) is 9.47 Å². The summed E-state index contributed by atoms with van der Waals surface area (Å²) in [6.07, 6.45) is 0. The Morgan fingerprint density at radius 3 is 2.70 bits per heavy atom. The summed E-state index contributed by atoms with van der Waals surface area (Å²) in [7, 11) is 3.99. The highest BCUT2D eigenvalue weighted by Crippen LogP contribution is 2.37. The van der Waals surface area contributed by atoms with Crippen LogP contribution in [0.5, 0.6) is 11.5 Å². The van der Waals surface area contributed by atoms with Crippen LogP contribution in [0.25, 0.3) is 33.5 Å². The predicted molar refractivity (Wildman–Crippen MR) is 100 cm³/mol. The van der Waals surface area contributed by atoms with E-state index in [0.29, 0.717) is 12.4 Å². The van der Waals surface area contributed by atoms with Gasteiger partial charge in [-0.2, -0.15) is 10.2 Å². The minimum absolute atomic E-state index is 0.254. The highest BCUT2D eigenvalue weighted by Gasteiger charge is 2.17. The Bertz CT molecular complexity index is 1130. The van der Waals surface area contributed by atoms with Crippen LogP contribution in [0, 0.1) is 0 Å². The number of benzene rings is 2. The van der Waals surface area contributed by atoms with Gasteiger partial charge < -0.3 is 14.4 Å². The summed E-state index contributed by atoms with van der Waals surface area (Å²) in [5, 5.41) is 15.9. The van der Waals surface area contributed by atoms with Crippen LogP contribution in [0.3, 0.4) is 0 Å². The first-order valence-electron chi connectivity index (χ1n) is 8.62. The van der Waals surface area contributed by atoms with Gasteiger partial charge in [0, 0.05) is 16.5 Å². The van der Waals surface area contributed by atoms with Crippen LogP contribution in [-0.4, -0.2) is 51.2 Å². The Kier molecular flexibility index (Phi) is 3.58. The molecule has 0 spiro atoms. The van der Waals surface area contributed by atoms with E-state index >= 15 is 0 Å². The largest absolute Gasteiger partial charge is 0.454 e. The molecule has 1 aliphatic rings. The van der Waals surface area contributed by atoms with Gasteiger partial charge in [0.25, 0.3) is 0 Å². The molecule has 0 saturated carbocycles. The molecule has 0 atom stereocenters. The van der Waals surface area contributed by atoms with Gasteiger partial charge in [-0.05, 0) is 50.5 Å². The highest BCUT2D eigenvalue weighted by molar-refractivity contribution is 5.95. The molecule has 0 amide bonds. The summed E-state index contributed by atoms with van der Waals surface area (Å²) in [4.78, 5) is 6.63. The normalized spacial score (nSPS) is 13.0. The second-order valence-corrected chi connectivity index (χ2v) is 6.74. The lowest BCUT2D eigenvalue weighted by molar-refractivity contribution is 0.174. The van der Waals surface area contributed by atoms with E-state index in [-0.39, 0.29) is 6.79 Å². The maximum Gasteiger partial charge on any atom is 0.231 e. The van der Waals surface area contributed by atoms with Crippen LogP contribution in [-0.2, 0) is 6.54 Å². The quantitative estimate of drug-likeness (QED) is 0.580. The van der Waals surface area contributed by atoms with Crippen molar-refractivity contribution in [2.45, 2.75) is 6.54 Å². The van der Waals surface area contributed by atoms with E-state index in [1.165, 1.54) is 0 Å². The standard InChI is InChI=1S/C19H18N6O2/c1-25(2)9-17-20-19(24-22-17)12-3-5-14-13(7-12)18(23-21-14)11-4-6-15-16(8-11)27-10-26-15/h3-8H,9-10H2,1-2H3,(H,21,23)(H,20,22,24). The third-order valence-electron chi connectivity index (χ3n) is 4.46. The van der Waals surface area contributed by atoms with Crippen molar-refractivity contribution in [2.24, 2.45) is 0 Å². The minimum atomic E-state index is 0.254. The first-order valence-corrected chi connectivity index (χ1v) is 8.62. The third kappa shape index (κ3) is 2.80. The minimum Gasteiger partial charge on any atom is -0.454 e. The predicted octanol–water partition coefficient (Wildman–Crippen LogP) is 2.81. The lowest BCUT2D eigenvalue weighted by atomic mass is 10.0. The molecule has 0 saturated heterocycles. The van der Waals surface area contributed by atoms with E-state index in [1.54, 1.807) is 0 Å². The average Bonchev–Trinajstić information content (AvgIpc) is 3.39. The Morgan fingerprint density at radius 1 is 0.963 bits per heavy atom. The lowest BCUT2D eigenvalue weighted by Gasteiger charge is -2.04. The van der Waals surface area contributed by atoms with Gasteiger partial charge in [-0.15, -0.1) is 0 Å². The number of fused-ring (bicyclic) bond motifs is 2. The summed E-state index contributed by atoms with van der Waals surface area (Å²) in [5.41, 5.74) is 3.71. The highest BCUT2D eigenvalue weighted by atomic mass is 16.7. The lowest BCUT2D eigenvalue weighted by Crippen LogP contribution is -2.11. The number of ether oxygens (including phenoxy) is 2. The maximum atomic E-state index is 5.49. The summed E-state index contributed by atoms with van der Waals surface area (Å²) in [6.45, 7) is 0.966. The van der Waals surface area contributed by atoms with Crippen molar-refractivity contribution >= 4 is 10.9 Å². The Labute approximate surface area is 155 Å². The van der Waals surface area contributed by atoms with Crippen molar-refractivity contribution in [1.82, 2.24) is 30.3 Å². The molecule has 27 heavy (non-hydrogen) atoms. The topological polar surface area (TPSA) is 92.0 Å². The van der Waals surface area contributed by atoms with Gasteiger partial charge in [-0.25, -0.2) is 4.98 Å². The number of H-pyrrole nitrogens is 2. The SMILES string of the molecule is CN(C)Cc1nc(-c2ccc3[nH]nc(-c4ccc5c(c4)OCO5)c3c2)n[nH]1. The first kappa shape index (κ1) is 15.8. The van der Waals surface area contributed by atoms with E-state index in [1.807, 2.05) is 49.3 Å². The molecule has 8 nitrogen and oxygen atoms in total. The third-order valence-corrected chi connectivity index (χ3v) is 4.46. The number of nitrogens with one attached hydrogen (secondary N) is 2. The molecule has 3 heterocycles. The molecule has 0 radical (unpaired) electrons. The summed E-state index contributed by atoms with van der Waals surface area (Å²) >= 11 is 0. The molecular formula is C19H18N6O2. The van der Waals surface area contributed by atoms with E-state index in [9.17, 15) is 0 Å². The molecule has 8 heteroatoms. The maximum absolute atomic E-state index is 5.49. The van der Waals surface area contributed by atoms with E-state index < -0.39 is 0 Å². The van der Waals surface area contributed by atoms with Crippen LogP contribution < -0.4 is 9.47 Å². The van der Waals surface area contributed by atoms with Gasteiger partial charge in [0.15, 0.2) is 17.3 Å². The Morgan fingerprint density at radius 2 is 1.81 bits per heavy atom. The van der Waals surface area contributed by atoms with Crippen molar-refractivity contribution in [2.75, 3.05) is 20.9 Å². The van der Waals surface area contributed by atoms with Gasteiger partial charge >= 0.3 is 0 Å². The van der Waals surface area contributed by atoms with E-state index in [2.05, 4.69) is 31.4 Å². The number of nitrogens with zero attached hydrogens (tertiary/aromatic N) is 4. The molecular weight excluding hydrogens is 344 g/mol. The smallest absolute Gasteiger partial charge is 0.231 e. The summed E-state index contributed by atoms with van der Waals surface area (Å²) in [6, 6.07) is 11.9. The molecule has 0 aliphatic carbocycles. The monoisotopic (exact) mass is 362 g/mol. The van der Waals surface area contributed by atoms with Gasteiger partial charge in [0.05, 0.1) is 12.1 Å². The Balaban J connectivity index is 1.56. The number of aromatic nitrogens is 5. The van der Waals surface area contributed by atoms with Crippen LogP contribution in [0.1, 0.15) is 5.82 Å². The van der Waals surface area contributed by atoms with Gasteiger partial charge in [0.2, 0.25) is 6.79 Å².